The van der Waals surface area contributed by atoms with Gasteiger partial charge in [-0.3, -0.25) is 4.79 Å². The molecule has 9 nitrogen and oxygen atoms in total. The van der Waals surface area contributed by atoms with Crippen molar-refractivity contribution >= 4 is 15.9 Å². The Bertz CT molecular complexity index is 667. The Hall–Kier alpha value is -1.52. The van der Waals surface area contributed by atoms with Crippen molar-refractivity contribution in [3.05, 3.63) is 6.33 Å². The van der Waals surface area contributed by atoms with E-state index in [9.17, 15) is 13.2 Å². The van der Waals surface area contributed by atoms with Crippen molar-refractivity contribution < 1.29 is 17.9 Å². The number of hydrogen-bond donors (Lipinski definition) is 1. The van der Waals surface area contributed by atoms with Gasteiger partial charge in [0, 0.05) is 32.8 Å². The maximum atomic E-state index is 12.7. The monoisotopic (exact) mass is 357 g/mol. The van der Waals surface area contributed by atoms with E-state index >= 15 is 0 Å². The Kier molecular flexibility index (Phi) is 4.88. The third kappa shape index (κ3) is 3.17. The van der Waals surface area contributed by atoms with Gasteiger partial charge in [0.15, 0.2) is 0 Å². The fourth-order valence-electron chi connectivity index (χ4n) is 3.36. The van der Waals surface area contributed by atoms with E-state index in [1.165, 1.54) is 10.6 Å². The van der Waals surface area contributed by atoms with Crippen LogP contribution in [0.5, 0.6) is 0 Å². The number of nitrogens with zero attached hydrogens (tertiary/aromatic N) is 4. The van der Waals surface area contributed by atoms with Gasteiger partial charge < -0.3 is 9.64 Å². The second-order valence-corrected chi connectivity index (χ2v) is 8.35. The number of aromatic amines is 1. The molecule has 0 spiro atoms. The fourth-order valence-corrected chi connectivity index (χ4v) is 4.59. The second-order valence-electron chi connectivity index (χ2n) is 6.49. The molecule has 2 aliphatic rings. The van der Waals surface area contributed by atoms with Crippen LogP contribution in [0.15, 0.2) is 11.5 Å². The van der Waals surface area contributed by atoms with Crippen LogP contribution in [0.3, 0.4) is 0 Å². The first-order valence-electron chi connectivity index (χ1n) is 8.17. The van der Waals surface area contributed by atoms with E-state index in [-0.39, 0.29) is 42.1 Å². The summed E-state index contributed by atoms with van der Waals surface area (Å²) in [6, 6.07) is 0. The Morgan fingerprint density at radius 1 is 1.33 bits per heavy atom. The van der Waals surface area contributed by atoms with Crippen LogP contribution in [-0.4, -0.2) is 77.6 Å². The summed E-state index contributed by atoms with van der Waals surface area (Å²) < 4.78 is 31.8. The lowest BCUT2D eigenvalue weighted by atomic mass is 9.91. The average molecular weight is 357 g/mol. The van der Waals surface area contributed by atoms with Crippen molar-refractivity contribution in [3.8, 4) is 0 Å². The summed E-state index contributed by atoms with van der Waals surface area (Å²) in [6.45, 7) is 6.00. The maximum Gasteiger partial charge on any atom is 0.278 e. The molecule has 3 rings (SSSR count). The number of nitrogens with one attached hydrogen (secondary N) is 1. The third-order valence-corrected chi connectivity index (χ3v) is 6.37. The second kappa shape index (κ2) is 6.77. The van der Waals surface area contributed by atoms with Gasteiger partial charge >= 0.3 is 0 Å². The van der Waals surface area contributed by atoms with Crippen LogP contribution in [0.25, 0.3) is 0 Å². The minimum Gasteiger partial charge on any atom is -0.377 e. The smallest absolute Gasteiger partial charge is 0.278 e. The van der Waals surface area contributed by atoms with E-state index in [0.717, 1.165) is 6.42 Å². The Labute approximate surface area is 141 Å². The number of ether oxygens (including phenoxy) is 1. The molecule has 0 radical (unpaired) electrons. The normalized spacial score (nSPS) is 26.2. The highest BCUT2D eigenvalue weighted by atomic mass is 32.2. The topological polar surface area (TPSA) is 108 Å². The highest BCUT2D eigenvalue weighted by Gasteiger charge is 2.40. The van der Waals surface area contributed by atoms with E-state index in [2.05, 4.69) is 29.0 Å². The number of carbonyl (C=O) groups excluding carboxylic acids is 1. The molecule has 2 unspecified atom stereocenters. The van der Waals surface area contributed by atoms with Gasteiger partial charge in [0.05, 0.1) is 12.0 Å². The number of carbonyl (C=O) groups is 1. The first-order valence-corrected chi connectivity index (χ1v) is 9.61. The molecule has 134 valence electrons. The van der Waals surface area contributed by atoms with Gasteiger partial charge in [0.1, 0.15) is 6.33 Å². The zero-order valence-corrected chi connectivity index (χ0v) is 14.7. The molecule has 1 aromatic rings. The Morgan fingerprint density at radius 2 is 2.04 bits per heavy atom. The lowest BCUT2D eigenvalue weighted by Crippen LogP contribution is -2.53. The molecule has 2 aliphatic heterocycles. The minimum absolute atomic E-state index is 0.0477. The SMILES string of the molecule is CC(C)C1OCCC1C(=O)N1CCN(S(=O)(=O)c2ncn[nH]2)CC1. The Balaban J connectivity index is 1.62. The fraction of sp³-hybridized carbons (Fsp3) is 0.786. The van der Waals surface area contributed by atoms with E-state index < -0.39 is 10.0 Å². The van der Waals surface area contributed by atoms with Gasteiger partial charge in [-0.25, -0.2) is 18.5 Å². The number of rotatable bonds is 4. The molecule has 1 amide bonds. The quantitative estimate of drug-likeness (QED) is 0.792. The highest BCUT2D eigenvalue weighted by molar-refractivity contribution is 7.88. The molecule has 24 heavy (non-hydrogen) atoms. The largest absolute Gasteiger partial charge is 0.377 e. The van der Waals surface area contributed by atoms with Crippen molar-refractivity contribution in [2.75, 3.05) is 32.8 Å². The van der Waals surface area contributed by atoms with Gasteiger partial charge in [-0.1, -0.05) is 13.8 Å². The predicted octanol–water partition coefficient (Wildman–Crippen LogP) is -0.301. The summed E-state index contributed by atoms with van der Waals surface area (Å²) in [5, 5.41) is 5.81. The number of hydrogen-bond acceptors (Lipinski definition) is 6. The van der Waals surface area contributed by atoms with Gasteiger partial charge in [0.2, 0.25) is 5.91 Å². The minimum atomic E-state index is -3.67. The molecule has 2 fully saturated rings. The number of amides is 1. The van der Waals surface area contributed by atoms with E-state index in [1.54, 1.807) is 4.90 Å². The molecule has 1 aromatic heterocycles. The molecule has 0 aromatic carbocycles. The molecular weight excluding hydrogens is 334 g/mol. The standard InChI is InChI=1S/C14H23N5O4S/c1-10(2)12-11(3-8-23-12)13(20)18-4-6-19(7-5-18)24(21,22)14-15-9-16-17-14/h9-12H,3-8H2,1-2H3,(H,15,16,17). The Morgan fingerprint density at radius 3 is 2.62 bits per heavy atom. The number of H-pyrrole nitrogens is 1. The molecule has 1 N–H and O–H groups in total. The predicted molar refractivity (Wildman–Crippen MR) is 84.4 cm³/mol. The maximum absolute atomic E-state index is 12.7. The van der Waals surface area contributed by atoms with Gasteiger partial charge in [-0.15, -0.1) is 0 Å². The highest BCUT2D eigenvalue weighted by Crippen LogP contribution is 2.29. The van der Waals surface area contributed by atoms with E-state index in [4.69, 9.17) is 4.74 Å². The summed E-state index contributed by atoms with van der Waals surface area (Å²) in [6.07, 6.45) is 1.85. The average Bonchev–Trinajstić information content (AvgIpc) is 3.25. The van der Waals surface area contributed by atoms with Gasteiger partial charge in [0.25, 0.3) is 15.2 Å². The summed E-state index contributed by atoms with van der Waals surface area (Å²) in [5.74, 6) is 0.236. The van der Waals surface area contributed by atoms with Crippen molar-refractivity contribution in [3.63, 3.8) is 0 Å². The van der Waals surface area contributed by atoms with Crippen molar-refractivity contribution in [2.24, 2.45) is 11.8 Å². The van der Waals surface area contributed by atoms with E-state index in [1.807, 2.05) is 0 Å². The van der Waals surface area contributed by atoms with Crippen LogP contribution in [0.2, 0.25) is 0 Å². The summed E-state index contributed by atoms with van der Waals surface area (Å²) in [4.78, 5) is 18.2. The van der Waals surface area contributed by atoms with Crippen molar-refractivity contribution in [1.29, 1.82) is 0 Å². The number of sulfonamides is 1. The van der Waals surface area contributed by atoms with Crippen LogP contribution in [-0.2, 0) is 19.6 Å². The van der Waals surface area contributed by atoms with Gasteiger partial charge in [-0.2, -0.15) is 9.40 Å². The first-order chi connectivity index (χ1) is 11.4. The lowest BCUT2D eigenvalue weighted by Gasteiger charge is -2.35. The number of piperazine rings is 1. The third-order valence-electron chi connectivity index (χ3n) is 4.64. The molecule has 0 aliphatic carbocycles. The molecule has 0 saturated carbocycles. The lowest BCUT2D eigenvalue weighted by molar-refractivity contribution is -0.139. The van der Waals surface area contributed by atoms with E-state index in [0.29, 0.717) is 19.7 Å². The van der Waals surface area contributed by atoms with Crippen molar-refractivity contribution in [2.45, 2.75) is 31.5 Å². The van der Waals surface area contributed by atoms with Crippen molar-refractivity contribution in [1.82, 2.24) is 24.4 Å². The van der Waals surface area contributed by atoms with Gasteiger partial charge in [-0.05, 0) is 12.3 Å². The summed E-state index contributed by atoms with van der Waals surface area (Å²) in [7, 11) is -3.67. The van der Waals surface area contributed by atoms with Crippen LogP contribution in [0, 0.1) is 11.8 Å². The summed E-state index contributed by atoms with van der Waals surface area (Å²) >= 11 is 0. The first kappa shape index (κ1) is 17.3. The van der Waals surface area contributed by atoms with Crippen LogP contribution < -0.4 is 0 Å². The molecule has 2 saturated heterocycles. The molecular formula is C14H23N5O4S. The summed E-state index contributed by atoms with van der Waals surface area (Å²) in [5.41, 5.74) is 0. The zero-order chi connectivity index (χ0) is 17.3. The molecule has 10 heteroatoms. The zero-order valence-electron chi connectivity index (χ0n) is 13.9. The molecule has 2 atom stereocenters. The van der Waals surface area contributed by atoms with Crippen LogP contribution >= 0.6 is 0 Å². The van der Waals surface area contributed by atoms with Crippen LogP contribution in [0.1, 0.15) is 20.3 Å². The molecule has 0 bridgehead atoms. The number of aromatic nitrogens is 3. The van der Waals surface area contributed by atoms with Crippen LogP contribution in [0.4, 0.5) is 0 Å². The molecule has 3 heterocycles.